The van der Waals surface area contributed by atoms with Crippen LogP contribution in [-0.4, -0.2) is 41.9 Å². The fourth-order valence-electron chi connectivity index (χ4n) is 3.27. The molecule has 8 heteroatoms. The smallest absolute Gasteiger partial charge is 0.226 e. The van der Waals surface area contributed by atoms with Crippen LogP contribution in [0.5, 0.6) is 0 Å². The van der Waals surface area contributed by atoms with Crippen LogP contribution in [0.15, 0.2) is 22.8 Å². The van der Waals surface area contributed by atoms with E-state index in [4.69, 9.17) is 9.15 Å². The van der Waals surface area contributed by atoms with E-state index in [0.29, 0.717) is 13.2 Å². The van der Waals surface area contributed by atoms with Crippen LogP contribution in [0.2, 0.25) is 0 Å². The molecule has 0 radical (unpaired) electrons. The second-order valence-electron chi connectivity index (χ2n) is 5.95. The number of nitrogens with one attached hydrogen (secondary N) is 1. The van der Waals surface area contributed by atoms with Crippen molar-refractivity contribution in [2.75, 3.05) is 24.6 Å². The average molecular weight is 334 g/mol. The van der Waals surface area contributed by atoms with Gasteiger partial charge in [-0.3, -0.25) is 4.79 Å². The van der Waals surface area contributed by atoms with Gasteiger partial charge in [0.1, 0.15) is 10.8 Å². The van der Waals surface area contributed by atoms with Crippen molar-refractivity contribution in [3.63, 3.8) is 0 Å². The molecule has 2 aromatic heterocycles. The highest BCUT2D eigenvalue weighted by Gasteiger charge is 2.47. The van der Waals surface area contributed by atoms with Gasteiger partial charge in [0.25, 0.3) is 0 Å². The third kappa shape index (κ3) is 2.84. The zero-order chi connectivity index (χ0) is 15.8. The van der Waals surface area contributed by atoms with Crippen molar-refractivity contribution in [2.24, 2.45) is 11.8 Å². The van der Waals surface area contributed by atoms with Gasteiger partial charge in [-0.25, -0.2) is 0 Å². The molecule has 2 aliphatic rings. The largest absolute Gasteiger partial charge is 0.467 e. The number of carbonyl (C=O) groups is 1. The third-order valence-electron chi connectivity index (χ3n) is 4.46. The Bertz CT molecular complexity index is 687. The van der Waals surface area contributed by atoms with E-state index in [-0.39, 0.29) is 23.8 Å². The number of carbonyl (C=O) groups excluding carboxylic acids is 1. The molecule has 2 aliphatic heterocycles. The number of amides is 1. The first kappa shape index (κ1) is 14.6. The topological polar surface area (TPSA) is 80.5 Å². The maximum Gasteiger partial charge on any atom is 0.226 e. The lowest BCUT2D eigenvalue weighted by Crippen LogP contribution is -2.36. The summed E-state index contributed by atoms with van der Waals surface area (Å²) in [5, 5.41) is 13.1. The van der Waals surface area contributed by atoms with Gasteiger partial charge in [0.05, 0.1) is 31.4 Å². The van der Waals surface area contributed by atoms with Crippen molar-refractivity contribution in [1.29, 1.82) is 0 Å². The van der Waals surface area contributed by atoms with E-state index in [0.717, 1.165) is 29.0 Å². The highest BCUT2D eigenvalue weighted by Crippen LogP contribution is 2.36. The Morgan fingerprint density at radius 1 is 1.48 bits per heavy atom. The average Bonchev–Trinajstić information content (AvgIpc) is 3.28. The third-order valence-corrected chi connectivity index (χ3v) is 5.35. The Kier molecular flexibility index (Phi) is 3.78. The van der Waals surface area contributed by atoms with Gasteiger partial charge in [-0.1, -0.05) is 11.3 Å². The summed E-state index contributed by atoms with van der Waals surface area (Å²) in [5.41, 5.74) is 0. The minimum Gasteiger partial charge on any atom is -0.467 e. The van der Waals surface area contributed by atoms with Gasteiger partial charge in [-0.15, -0.1) is 10.2 Å². The number of fused-ring (bicyclic) bond motifs is 1. The molecule has 0 bridgehead atoms. The quantitative estimate of drug-likeness (QED) is 0.905. The number of ether oxygens (including phenoxy) is 1. The number of aromatic nitrogens is 2. The molecule has 2 aromatic rings. The zero-order valence-electron chi connectivity index (χ0n) is 12.8. The summed E-state index contributed by atoms with van der Waals surface area (Å²) >= 11 is 1.58. The summed E-state index contributed by atoms with van der Waals surface area (Å²) < 4.78 is 11.1. The Hall–Kier alpha value is -1.93. The molecular formula is C15H18N4O3S. The molecule has 0 aromatic carbocycles. The molecule has 0 aliphatic carbocycles. The van der Waals surface area contributed by atoms with Gasteiger partial charge in [0, 0.05) is 19.0 Å². The molecule has 0 saturated carbocycles. The van der Waals surface area contributed by atoms with E-state index in [9.17, 15) is 4.79 Å². The predicted molar refractivity (Wildman–Crippen MR) is 84.1 cm³/mol. The first-order chi connectivity index (χ1) is 11.2. The first-order valence-corrected chi connectivity index (χ1v) is 8.49. The van der Waals surface area contributed by atoms with Gasteiger partial charge in [-0.2, -0.15) is 0 Å². The molecule has 1 amide bonds. The molecule has 122 valence electrons. The lowest BCUT2D eigenvalue weighted by Gasteiger charge is -2.18. The van der Waals surface area contributed by atoms with Crippen molar-refractivity contribution in [3.8, 4) is 0 Å². The molecule has 2 fully saturated rings. The van der Waals surface area contributed by atoms with Crippen LogP contribution in [0.1, 0.15) is 10.8 Å². The number of furan rings is 1. The summed E-state index contributed by atoms with van der Waals surface area (Å²) in [6, 6.07) is 3.67. The summed E-state index contributed by atoms with van der Waals surface area (Å²) in [5.74, 6) is 0.875. The monoisotopic (exact) mass is 334 g/mol. The number of hydrogen-bond acceptors (Lipinski definition) is 7. The van der Waals surface area contributed by atoms with E-state index in [2.05, 4.69) is 20.4 Å². The van der Waals surface area contributed by atoms with E-state index in [1.807, 2.05) is 19.1 Å². The highest BCUT2D eigenvalue weighted by molar-refractivity contribution is 7.15. The lowest BCUT2D eigenvalue weighted by molar-refractivity contribution is -0.126. The minimum absolute atomic E-state index is 0.0317. The van der Waals surface area contributed by atoms with Crippen LogP contribution >= 0.6 is 11.3 Å². The van der Waals surface area contributed by atoms with Crippen LogP contribution in [-0.2, 0) is 16.1 Å². The van der Waals surface area contributed by atoms with Gasteiger partial charge >= 0.3 is 0 Å². The number of anilines is 1. The van der Waals surface area contributed by atoms with Crippen molar-refractivity contribution >= 4 is 22.4 Å². The maximum atomic E-state index is 12.5. The summed E-state index contributed by atoms with van der Waals surface area (Å²) in [6.45, 7) is 4.42. The second kappa shape index (κ2) is 5.93. The number of nitrogens with zero attached hydrogens (tertiary/aromatic N) is 3. The van der Waals surface area contributed by atoms with Crippen LogP contribution in [0.25, 0.3) is 0 Å². The van der Waals surface area contributed by atoms with Gasteiger partial charge < -0.3 is 19.4 Å². The molecule has 1 N–H and O–H groups in total. The van der Waals surface area contributed by atoms with E-state index in [1.165, 1.54) is 0 Å². The molecule has 23 heavy (non-hydrogen) atoms. The standard InChI is InChI=1S/C15H18N4O3S/c1-9-17-18-15(23-9)19-6-11-12(8-22-13(11)7-19)14(20)16-5-10-3-2-4-21-10/h2-4,11-13H,5-8H2,1H3,(H,16,20)/t11-,12+,13-/m1/s1. The van der Waals surface area contributed by atoms with E-state index >= 15 is 0 Å². The molecular weight excluding hydrogens is 316 g/mol. The van der Waals surface area contributed by atoms with Crippen molar-refractivity contribution < 1.29 is 13.9 Å². The van der Waals surface area contributed by atoms with Crippen LogP contribution in [0.4, 0.5) is 5.13 Å². The zero-order valence-corrected chi connectivity index (χ0v) is 13.6. The second-order valence-corrected chi connectivity index (χ2v) is 7.11. The molecule has 7 nitrogen and oxygen atoms in total. The van der Waals surface area contributed by atoms with Crippen LogP contribution in [0.3, 0.4) is 0 Å². The Labute approximate surface area is 137 Å². The number of aryl methyl sites for hydroxylation is 1. The molecule has 2 saturated heterocycles. The predicted octanol–water partition coefficient (Wildman–Crippen LogP) is 1.21. The van der Waals surface area contributed by atoms with Gasteiger partial charge in [-0.05, 0) is 19.1 Å². The Balaban J connectivity index is 1.38. The van der Waals surface area contributed by atoms with Crippen LogP contribution < -0.4 is 10.2 Å². The minimum atomic E-state index is -0.117. The first-order valence-electron chi connectivity index (χ1n) is 7.67. The lowest BCUT2D eigenvalue weighted by atomic mass is 9.92. The maximum absolute atomic E-state index is 12.5. The Morgan fingerprint density at radius 3 is 3.13 bits per heavy atom. The van der Waals surface area contributed by atoms with Crippen LogP contribution in [0, 0.1) is 18.8 Å². The van der Waals surface area contributed by atoms with E-state index in [1.54, 1.807) is 17.6 Å². The normalized spacial score (nSPS) is 26.5. The SMILES string of the molecule is Cc1nnc(N2C[C@@H]3[C@@H](C(=O)NCc4ccco4)CO[C@@H]3C2)s1. The fourth-order valence-corrected chi connectivity index (χ4v) is 3.98. The summed E-state index contributed by atoms with van der Waals surface area (Å²) in [7, 11) is 0. The van der Waals surface area contributed by atoms with Gasteiger partial charge in [0.15, 0.2) is 0 Å². The molecule has 4 heterocycles. The summed E-state index contributed by atoms with van der Waals surface area (Å²) in [4.78, 5) is 14.6. The highest BCUT2D eigenvalue weighted by atomic mass is 32.1. The van der Waals surface area contributed by atoms with Gasteiger partial charge in [0.2, 0.25) is 11.0 Å². The van der Waals surface area contributed by atoms with Crippen molar-refractivity contribution in [3.05, 3.63) is 29.2 Å². The number of hydrogen-bond donors (Lipinski definition) is 1. The fraction of sp³-hybridized carbons (Fsp3) is 0.533. The Morgan fingerprint density at radius 2 is 2.39 bits per heavy atom. The molecule has 0 spiro atoms. The van der Waals surface area contributed by atoms with Crippen molar-refractivity contribution in [1.82, 2.24) is 15.5 Å². The molecule has 0 unspecified atom stereocenters. The van der Waals surface area contributed by atoms with E-state index < -0.39 is 0 Å². The summed E-state index contributed by atoms with van der Waals surface area (Å²) in [6.07, 6.45) is 1.70. The molecule has 3 atom stereocenters. The number of rotatable bonds is 4. The molecule has 4 rings (SSSR count). The van der Waals surface area contributed by atoms with Crippen molar-refractivity contribution in [2.45, 2.75) is 19.6 Å².